The number of nitrogens with two attached hydrogens (primary N) is 1. The minimum atomic E-state index is -0.120. The maximum Gasteiger partial charge on any atom is 0.257 e. The molecule has 0 radical (unpaired) electrons. The van der Waals surface area contributed by atoms with Crippen LogP contribution in [0.4, 0.5) is 5.69 Å². The first-order valence-corrected chi connectivity index (χ1v) is 8.66. The van der Waals surface area contributed by atoms with Gasteiger partial charge in [0.2, 0.25) is 0 Å². The Morgan fingerprint density at radius 3 is 2.95 bits per heavy atom. The Hall–Kier alpha value is -1.36. The first kappa shape index (κ1) is 16.0. The number of amides is 1. The van der Waals surface area contributed by atoms with Crippen LogP contribution in [-0.4, -0.2) is 29.6 Å². The zero-order valence-corrected chi connectivity index (χ0v) is 13.5. The van der Waals surface area contributed by atoms with Gasteiger partial charge in [0.05, 0.1) is 6.61 Å². The minimum absolute atomic E-state index is 0.120. The molecule has 1 aliphatic rings. The average Bonchev–Trinajstić information content (AvgIpc) is 2.87. The Morgan fingerprint density at radius 1 is 1.43 bits per heavy atom. The van der Waals surface area contributed by atoms with Crippen LogP contribution in [0.5, 0.6) is 5.75 Å². The summed E-state index contributed by atoms with van der Waals surface area (Å²) in [6, 6.07) is 5.57. The highest BCUT2D eigenvalue weighted by Gasteiger charge is 2.29. The van der Waals surface area contributed by atoms with Crippen molar-refractivity contribution in [1.29, 1.82) is 0 Å². The third-order valence-electron chi connectivity index (χ3n) is 3.74. The van der Waals surface area contributed by atoms with Crippen molar-refractivity contribution in [2.75, 3.05) is 18.1 Å². The monoisotopic (exact) mass is 308 g/mol. The lowest BCUT2D eigenvalue weighted by Crippen LogP contribution is -2.39. The van der Waals surface area contributed by atoms with Crippen LogP contribution in [0, 0.1) is 0 Å². The number of rotatable bonds is 6. The number of carbonyl (C=O) groups is 1. The summed E-state index contributed by atoms with van der Waals surface area (Å²) >= 11 is 1.93. The van der Waals surface area contributed by atoms with Crippen LogP contribution in [0.25, 0.3) is 0 Å². The van der Waals surface area contributed by atoms with Gasteiger partial charge in [-0.1, -0.05) is 19.4 Å². The van der Waals surface area contributed by atoms with Gasteiger partial charge < -0.3 is 15.8 Å². The van der Waals surface area contributed by atoms with Gasteiger partial charge in [0.25, 0.3) is 5.91 Å². The fourth-order valence-corrected chi connectivity index (χ4v) is 4.01. The standard InChI is InChI=1S/C16H24N2O2S/c1-3-20-13-9-5-7-11(17)15(13)16(19)18-12-8-6-10-14(12)21-4-2/h5,7,9,12,14H,3-4,6,8,10,17H2,1-2H3,(H,18,19). The fourth-order valence-electron chi connectivity index (χ4n) is 2.81. The average molecular weight is 308 g/mol. The number of carbonyl (C=O) groups excluding carboxylic acids is 1. The topological polar surface area (TPSA) is 64.3 Å². The number of thioether (sulfide) groups is 1. The van der Waals surface area contributed by atoms with Crippen molar-refractivity contribution in [3.8, 4) is 5.75 Å². The molecule has 1 saturated carbocycles. The van der Waals surface area contributed by atoms with Crippen LogP contribution in [-0.2, 0) is 0 Å². The second-order valence-electron chi connectivity index (χ2n) is 5.16. The molecule has 116 valence electrons. The molecule has 0 spiro atoms. The zero-order valence-electron chi connectivity index (χ0n) is 12.7. The highest BCUT2D eigenvalue weighted by Crippen LogP contribution is 2.31. The van der Waals surface area contributed by atoms with Crippen molar-refractivity contribution in [1.82, 2.24) is 5.32 Å². The fraction of sp³-hybridized carbons (Fsp3) is 0.562. The van der Waals surface area contributed by atoms with Gasteiger partial charge in [0, 0.05) is 17.0 Å². The van der Waals surface area contributed by atoms with Crippen molar-refractivity contribution in [3.63, 3.8) is 0 Å². The molecule has 5 heteroatoms. The lowest BCUT2D eigenvalue weighted by molar-refractivity contribution is 0.0936. The van der Waals surface area contributed by atoms with E-state index in [2.05, 4.69) is 12.2 Å². The SMILES string of the molecule is CCOc1cccc(N)c1C(=O)NC1CCCC1SCC. The molecule has 21 heavy (non-hydrogen) atoms. The molecule has 4 nitrogen and oxygen atoms in total. The Morgan fingerprint density at radius 2 is 2.24 bits per heavy atom. The van der Waals surface area contributed by atoms with Crippen LogP contribution in [0.2, 0.25) is 0 Å². The quantitative estimate of drug-likeness (QED) is 0.793. The van der Waals surface area contributed by atoms with E-state index in [4.69, 9.17) is 10.5 Å². The number of nitrogen functional groups attached to an aromatic ring is 1. The molecule has 0 aromatic heterocycles. The van der Waals surface area contributed by atoms with Crippen LogP contribution < -0.4 is 15.8 Å². The maximum absolute atomic E-state index is 12.6. The van der Waals surface area contributed by atoms with Gasteiger partial charge in [-0.15, -0.1) is 0 Å². The van der Waals surface area contributed by atoms with Crippen molar-refractivity contribution in [2.45, 2.75) is 44.4 Å². The molecule has 0 bridgehead atoms. The second-order valence-corrected chi connectivity index (χ2v) is 6.67. The Kier molecular flexibility index (Phi) is 5.79. The van der Waals surface area contributed by atoms with Crippen LogP contribution in [0.3, 0.4) is 0 Å². The van der Waals surface area contributed by atoms with E-state index in [-0.39, 0.29) is 11.9 Å². The summed E-state index contributed by atoms with van der Waals surface area (Å²) in [5.74, 6) is 1.52. The van der Waals surface area contributed by atoms with Crippen LogP contribution in [0.1, 0.15) is 43.5 Å². The second kappa shape index (κ2) is 7.59. The number of ether oxygens (including phenoxy) is 1. The lowest BCUT2D eigenvalue weighted by atomic mass is 10.1. The summed E-state index contributed by atoms with van der Waals surface area (Å²) in [5, 5.41) is 3.66. The molecular weight excluding hydrogens is 284 g/mol. The van der Waals surface area contributed by atoms with E-state index < -0.39 is 0 Å². The van der Waals surface area contributed by atoms with E-state index >= 15 is 0 Å². The van der Waals surface area contributed by atoms with E-state index in [9.17, 15) is 4.79 Å². The summed E-state index contributed by atoms with van der Waals surface area (Å²) in [4.78, 5) is 12.6. The Bertz CT molecular complexity index is 493. The molecule has 3 N–H and O–H groups in total. The molecular formula is C16H24N2O2S. The number of hydrogen-bond acceptors (Lipinski definition) is 4. The van der Waals surface area contributed by atoms with E-state index in [1.807, 2.05) is 24.8 Å². The van der Waals surface area contributed by atoms with Gasteiger partial charge in [-0.05, 0) is 37.7 Å². The summed E-state index contributed by atoms with van der Waals surface area (Å²) in [6.07, 6.45) is 3.39. The molecule has 1 aromatic carbocycles. The largest absolute Gasteiger partial charge is 0.493 e. The van der Waals surface area contributed by atoms with Gasteiger partial charge in [0.15, 0.2) is 0 Å². The summed E-state index contributed by atoms with van der Waals surface area (Å²) < 4.78 is 5.53. The van der Waals surface area contributed by atoms with Gasteiger partial charge >= 0.3 is 0 Å². The highest BCUT2D eigenvalue weighted by molar-refractivity contribution is 7.99. The van der Waals surface area contributed by atoms with E-state index in [1.54, 1.807) is 12.1 Å². The van der Waals surface area contributed by atoms with Crippen molar-refractivity contribution >= 4 is 23.4 Å². The smallest absolute Gasteiger partial charge is 0.257 e. The molecule has 1 amide bonds. The van der Waals surface area contributed by atoms with Gasteiger partial charge in [0.1, 0.15) is 11.3 Å². The lowest BCUT2D eigenvalue weighted by Gasteiger charge is -2.21. The molecule has 2 unspecified atom stereocenters. The third kappa shape index (κ3) is 3.84. The molecule has 2 rings (SSSR count). The first-order valence-electron chi connectivity index (χ1n) is 7.61. The predicted molar refractivity (Wildman–Crippen MR) is 89.0 cm³/mol. The number of benzene rings is 1. The van der Waals surface area contributed by atoms with Crippen molar-refractivity contribution in [3.05, 3.63) is 23.8 Å². The Labute approximate surface area is 130 Å². The number of nitrogens with one attached hydrogen (secondary N) is 1. The number of hydrogen-bond donors (Lipinski definition) is 2. The first-order chi connectivity index (χ1) is 10.2. The van der Waals surface area contributed by atoms with Crippen LogP contribution >= 0.6 is 11.8 Å². The molecule has 1 fully saturated rings. The van der Waals surface area contributed by atoms with Crippen molar-refractivity contribution in [2.24, 2.45) is 0 Å². The maximum atomic E-state index is 12.6. The molecule has 0 saturated heterocycles. The van der Waals surface area contributed by atoms with Crippen LogP contribution in [0.15, 0.2) is 18.2 Å². The number of anilines is 1. The van der Waals surface area contributed by atoms with Crippen molar-refractivity contribution < 1.29 is 9.53 Å². The molecule has 1 aliphatic carbocycles. The third-order valence-corrected chi connectivity index (χ3v) is 5.06. The Balaban J connectivity index is 2.13. The van der Waals surface area contributed by atoms with Gasteiger partial charge in [-0.3, -0.25) is 4.79 Å². The van der Waals surface area contributed by atoms with E-state index in [0.717, 1.165) is 12.2 Å². The van der Waals surface area contributed by atoms with E-state index in [0.29, 0.717) is 28.9 Å². The summed E-state index contributed by atoms with van der Waals surface area (Å²) in [7, 11) is 0. The molecule has 1 aromatic rings. The summed E-state index contributed by atoms with van der Waals surface area (Å²) in [5.41, 5.74) is 6.91. The zero-order chi connectivity index (χ0) is 15.2. The normalized spacial score (nSPS) is 21.2. The van der Waals surface area contributed by atoms with E-state index in [1.165, 1.54) is 12.8 Å². The highest BCUT2D eigenvalue weighted by atomic mass is 32.2. The molecule has 0 heterocycles. The minimum Gasteiger partial charge on any atom is -0.493 e. The summed E-state index contributed by atoms with van der Waals surface area (Å²) in [6.45, 7) is 4.57. The van der Waals surface area contributed by atoms with Gasteiger partial charge in [-0.2, -0.15) is 11.8 Å². The van der Waals surface area contributed by atoms with Gasteiger partial charge in [-0.25, -0.2) is 0 Å². The molecule has 0 aliphatic heterocycles. The predicted octanol–water partition coefficient (Wildman–Crippen LogP) is 3.07. The molecule has 2 atom stereocenters.